The number of carbonyl (C=O) groups is 1. The number of benzene rings is 2. The highest BCUT2D eigenvalue weighted by molar-refractivity contribution is 6.99. The van der Waals surface area contributed by atoms with E-state index in [0.29, 0.717) is 6.61 Å². The van der Waals surface area contributed by atoms with E-state index in [9.17, 15) is 4.79 Å². The molecule has 0 saturated carbocycles. The highest BCUT2D eigenvalue weighted by Gasteiger charge is 2.51. The number of aldehydes is 1. The van der Waals surface area contributed by atoms with Gasteiger partial charge in [-0.15, -0.1) is 0 Å². The Morgan fingerprint density at radius 1 is 1.00 bits per heavy atom. The third-order valence-electron chi connectivity index (χ3n) is 7.35. The average molecular weight is 467 g/mol. The first-order valence-electron chi connectivity index (χ1n) is 12.4. The maximum absolute atomic E-state index is 11.2. The van der Waals surface area contributed by atoms with Crippen LogP contribution in [-0.4, -0.2) is 39.2 Å². The van der Waals surface area contributed by atoms with E-state index in [1.54, 1.807) is 0 Å². The third kappa shape index (κ3) is 4.88. The Labute approximate surface area is 199 Å². The van der Waals surface area contributed by atoms with Gasteiger partial charge in [-0.1, -0.05) is 88.4 Å². The molecular formula is C28H38O4Si. The van der Waals surface area contributed by atoms with Crippen LogP contribution in [0.3, 0.4) is 0 Å². The third-order valence-corrected chi connectivity index (χ3v) is 12.4. The maximum Gasteiger partial charge on any atom is 0.261 e. The van der Waals surface area contributed by atoms with E-state index >= 15 is 0 Å². The molecule has 33 heavy (non-hydrogen) atoms. The lowest BCUT2D eigenvalue weighted by Crippen LogP contribution is -2.67. The van der Waals surface area contributed by atoms with Crippen LogP contribution in [0.25, 0.3) is 0 Å². The Morgan fingerprint density at radius 2 is 1.61 bits per heavy atom. The Bertz CT molecular complexity index is 871. The fourth-order valence-corrected chi connectivity index (χ4v) is 10.3. The van der Waals surface area contributed by atoms with Gasteiger partial charge in [-0.25, -0.2) is 0 Å². The van der Waals surface area contributed by atoms with E-state index in [-0.39, 0.29) is 23.2 Å². The molecule has 1 spiro atoms. The summed E-state index contributed by atoms with van der Waals surface area (Å²) < 4.78 is 19.7. The van der Waals surface area contributed by atoms with Crippen molar-refractivity contribution in [1.29, 1.82) is 0 Å². The van der Waals surface area contributed by atoms with E-state index < -0.39 is 14.1 Å². The van der Waals surface area contributed by atoms with Gasteiger partial charge in [0.25, 0.3) is 8.32 Å². The fourth-order valence-electron chi connectivity index (χ4n) is 5.61. The van der Waals surface area contributed by atoms with Gasteiger partial charge in [-0.3, -0.25) is 0 Å². The molecule has 4 rings (SSSR count). The molecule has 2 fully saturated rings. The molecule has 0 bridgehead atoms. The molecule has 0 unspecified atom stereocenters. The highest BCUT2D eigenvalue weighted by Crippen LogP contribution is 2.42. The van der Waals surface area contributed by atoms with Crippen molar-refractivity contribution in [1.82, 2.24) is 0 Å². The molecule has 5 heteroatoms. The summed E-state index contributed by atoms with van der Waals surface area (Å²) in [6, 6.07) is 21.5. The quantitative estimate of drug-likeness (QED) is 0.433. The van der Waals surface area contributed by atoms with Gasteiger partial charge in [0, 0.05) is 25.4 Å². The van der Waals surface area contributed by atoms with Crippen LogP contribution in [0.5, 0.6) is 0 Å². The van der Waals surface area contributed by atoms with Crippen LogP contribution in [-0.2, 0) is 18.7 Å². The largest absolute Gasteiger partial charge is 0.407 e. The second kappa shape index (κ2) is 9.83. The zero-order valence-corrected chi connectivity index (χ0v) is 21.5. The number of hydrogen-bond donors (Lipinski definition) is 0. The molecule has 2 saturated heterocycles. The van der Waals surface area contributed by atoms with E-state index in [2.05, 4.69) is 88.4 Å². The fraction of sp³-hybridized carbons (Fsp3) is 0.536. The maximum atomic E-state index is 11.2. The minimum atomic E-state index is -2.57. The van der Waals surface area contributed by atoms with E-state index in [1.807, 2.05) is 0 Å². The van der Waals surface area contributed by atoms with Crippen LogP contribution in [0.4, 0.5) is 0 Å². The molecule has 178 valence electrons. The molecule has 0 N–H and O–H groups in total. The van der Waals surface area contributed by atoms with Gasteiger partial charge < -0.3 is 18.7 Å². The first-order chi connectivity index (χ1) is 15.8. The van der Waals surface area contributed by atoms with E-state index in [1.165, 1.54) is 10.4 Å². The first kappa shape index (κ1) is 24.3. The van der Waals surface area contributed by atoms with Crippen molar-refractivity contribution in [3.8, 4) is 0 Å². The van der Waals surface area contributed by atoms with Gasteiger partial charge in [-0.2, -0.15) is 0 Å². The molecular weight excluding hydrogens is 428 g/mol. The normalized spacial score (nSPS) is 26.9. The molecule has 0 aliphatic carbocycles. The standard InChI is InChI=1S/C28H38O4Si/c1-22(26-16-11-18-28(32-26)19-17-23(20-29)31-28)21-30-33(27(2,3)4,24-12-7-5-8-13-24)25-14-9-6-10-15-25/h5-10,12-15,20,22-23,26H,11,16-19,21H2,1-4H3/t22-,23-,26-,28+/m0/s1. The Morgan fingerprint density at radius 3 is 2.12 bits per heavy atom. The molecule has 0 aromatic heterocycles. The van der Waals surface area contributed by atoms with Crippen molar-refractivity contribution < 1.29 is 18.7 Å². The summed E-state index contributed by atoms with van der Waals surface area (Å²) in [5.74, 6) is -0.358. The van der Waals surface area contributed by atoms with E-state index in [4.69, 9.17) is 13.9 Å². The van der Waals surface area contributed by atoms with Gasteiger partial charge in [0.05, 0.1) is 6.10 Å². The Kier molecular flexibility index (Phi) is 7.25. The summed E-state index contributed by atoms with van der Waals surface area (Å²) in [4.78, 5) is 11.2. The molecule has 0 radical (unpaired) electrons. The topological polar surface area (TPSA) is 44.8 Å². The smallest absolute Gasteiger partial charge is 0.261 e. The van der Waals surface area contributed by atoms with Crippen molar-refractivity contribution in [3.05, 3.63) is 60.7 Å². The number of rotatable bonds is 7. The lowest BCUT2D eigenvalue weighted by atomic mass is 9.93. The monoisotopic (exact) mass is 466 g/mol. The van der Waals surface area contributed by atoms with Gasteiger partial charge in [0.15, 0.2) is 5.79 Å². The predicted molar refractivity (Wildman–Crippen MR) is 134 cm³/mol. The molecule has 2 aromatic rings. The number of ether oxygens (including phenoxy) is 2. The lowest BCUT2D eigenvalue weighted by Gasteiger charge is -2.45. The predicted octanol–water partition coefficient (Wildman–Crippen LogP) is 4.84. The number of carbonyl (C=O) groups excluding carboxylic acids is 1. The molecule has 2 heterocycles. The zero-order valence-electron chi connectivity index (χ0n) is 20.5. The second-order valence-electron chi connectivity index (χ2n) is 10.7. The van der Waals surface area contributed by atoms with Crippen molar-refractivity contribution in [2.24, 2.45) is 5.92 Å². The van der Waals surface area contributed by atoms with Gasteiger partial charge in [-0.05, 0) is 34.7 Å². The van der Waals surface area contributed by atoms with Gasteiger partial charge in [0.1, 0.15) is 12.4 Å². The van der Waals surface area contributed by atoms with Crippen molar-refractivity contribution in [2.75, 3.05) is 6.61 Å². The van der Waals surface area contributed by atoms with Crippen molar-refractivity contribution >= 4 is 25.0 Å². The van der Waals surface area contributed by atoms with Crippen LogP contribution < -0.4 is 10.4 Å². The second-order valence-corrected chi connectivity index (χ2v) is 15.0. The van der Waals surface area contributed by atoms with Crippen LogP contribution in [0.15, 0.2) is 60.7 Å². The Hall–Kier alpha value is -1.79. The molecule has 4 atom stereocenters. The molecule has 4 nitrogen and oxygen atoms in total. The van der Waals surface area contributed by atoms with E-state index in [0.717, 1.165) is 38.4 Å². The average Bonchev–Trinajstić information content (AvgIpc) is 3.22. The van der Waals surface area contributed by atoms with Gasteiger partial charge >= 0.3 is 0 Å². The van der Waals surface area contributed by atoms with Crippen LogP contribution in [0, 0.1) is 5.92 Å². The lowest BCUT2D eigenvalue weighted by molar-refractivity contribution is -0.275. The van der Waals surface area contributed by atoms with Crippen molar-refractivity contribution in [3.63, 3.8) is 0 Å². The summed E-state index contributed by atoms with van der Waals surface area (Å²) >= 11 is 0. The number of hydrogen-bond acceptors (Lipinski definition) is 4. The zero-order chi connectivity index (χ0) is 23.5. The Balaban J connectivity index is 1.58. The molecule has 0 amide bonds. The summed E-state index contributed by atoms with van der Waals surface area (Å²) in [5, 5.41) is 2.55. The minimum Gasteiger partial charge on any atom is -0.407 e. The SMILES string of the molecule is C[C@@H](CO[Si](c1ccccc1)(c1ccccc1)C(C)(C)C)[C@@H]1CCC[C@]2(CC[C@@H](C=O)O2)O1. The summed E-state index contributed by atoms with van der Waals surface area (Å²) in [7, 11) is -2.57. The van der Waals surface area contributed by atoms with Gasteiger partial charge in [0.2, 0.25) is 0 Å². The van der Waals surface area contributed by atoms with Crippen LogP contribution in [0.2, 0.25) is 5.04 Å². The molecule has 2 aromatic carbocycles. The minimum absolute atomic E-state index is 0.0458. The van der Waals surface area contributed by atoms with Crippen molar-refractivity contribution in [2.45, 2.75) is 82.8 Å². The molecule has 2 aliphatic rings. The van der Waals surface area contributed by atoms with Crippen LogP contribution >= 0.6 is 0 Å². The summed E-state index contributed by atoms with van der Waals surface area (Å²) in [6.45, 7) is 9.78. The summed E-state index contributed by atoms with van der Waals surface area (Å²) in [6.07, 6.45) is 5.14. The molecule has 2 aliphatic heterocycles. The highest BCUT2D eigenvalue weighted by atomic mass is 28.4. The van der Waals surface area contributed by atoms with Crippen LogP contribution in [0.1, 0.15) is 59.8 Å². The first-order valence-corrected chi connectivity index (χ1v) is 14.3. The summed E-state index contributed by atoms with van der Waals surface area (Å²) in [5.41, 5.74) is 0.